The SMILES string of the molecule is CC(C)NC(=O)c1cn2c(n1)[C@@H](C)N(C(=O)c1cn(C)c3ccccc13)CC2. The maximum atomic E-state index is 13.3. The molecule has 7 nitrogen and oxygen atoms in total. The summed E-state index contributed by atoms with van der Waals surface area (Å²) in [4.78, 5) is 32.0. The minimum atomic E-state index is -0.208. The number of hydrogen-bond donors (Lipinski definition) is 1. The van der Waals surface area contributed by atoms with E-state index in [-0.39, 0.29) is 23.9 Å². The van der Waals surface area contributed by atoms with Crippen LogP contribution in [0.25, 0.3) is 10.9 Å². The van der Waals surface area contributed by atoms with E-state index in [0.29, 0.717) is 24.3 Å². The molecule has 28 heavy (non-hydrogen) atoms. The Kier molecular flexibility index (Phi) is 4.45. The fourth-order valence-electron chi connectivity index (χ4n) is 3.88. The number of imidazole rings is 1. The molecule has 0 aliphatic carbocycles. The lowest BCUT2D eigenvalue weighted by atomic mass is 10.1. The number of benzene rings is 1. The van der Waals surface area contributed by atoms with Crippen LogP contribution in [0.1, 0.15) is 53.5 Å². The third-order valence-electron chi connectivity index (χ3n) is 5.27. The number of amides is 2. The van der Waals surface area contributed by atoms with Crippen molar-refractivity contribution in [2.24, 2.45) is 7.05 Å². The van der Waals surface area contributed by atoms with Gasteiger partial charge in [-0.15, -0.1) is 0 Å². The Hall–Kier alpha value is -3.09. The Labute approximate surface area is 164 Å². The maximum absolute atomic E-state index is 13.3. The molecule has 0 bridgehead atoms. The van der Waals surface area contributed by atoms with Crippen molar-refractivity contribution in [2.75, 3.05) is 6.54 Å². The van der Waals surface area contributed by atoms with Gasteiger partial charge >= 0.3 is 0 Å². The van der Waals surface area contributed by atoms with Crippen molar-refractivity contribution in [3.63, 3.8) is 0 Å². The van der Waals surface area contributed by atoms with E-state index in [4.69, 9.17) is 0 Å². The largest absolute Gasteiger partial charge is 0.350 e. The average molecular weight is 379 g/mol. The van der Waals surface area contributed by atoms with Crippen LogP contribution in [0.3, 0.4) is 0 Å². The third-order valence-corrected chi connectivity index (χ3v) is 5.27. The Morgan fingerprint density at radius 3 is 2.68 bits per heavy atom. The van der Waals surface area contributed by atoms with Crippen LogP contribution < -0.4 is 5.32 Å². The highest BCUT2D eigenvalue weighted by atomic mass is 16.2. The first-order chi connectivity index (χ1) is 13.4. The number of nitrogens with one attached hydrogen (secondary N) is 1. The molecule has 146 valence electrons. The van der Waals surface area contributed by atoms with E-state index >= 15 is 0 Å². The molecule has 1 aromatic carbocycles. The van der Waals surface area contributed by atoms with Crippen molar-refractivity contribution in [1.29, 1.82) is 0 Å². The second kappa shape index (κ2) is 6.82. The standard InChI is InChI=1S/C21H25N5O2/c1-13(2)22-20(27)17-12-25-9-10-26(14(3)19(25)23-17)21(28)16-11-24(4)18-8-6-5-7-15(16)18/h5-8,11-14H,9-10H2,1-4H3,(H,22,27)/t14-/m1/s1. The van der Waals surface area contributed by atoms with E-state index in [1.54, 1.807) is 6.20 Å². The van der Waals surface area contributed by atoms with Gasteiger partial charge in [0, 0.05) is 49.5 Å². The minimum Gasteiger partial charge on any atom is -0.350 e. The number of aromatic nitrogens is 3. The fraction of sp³-hybridized carbons (Fsp3) is 0.381. The van der Waals surface area contributed by atoms with Crippen LogP contribution in [0.15, 0.2) is 36.7 Å². The quantitative estimate of drug-likeness (QED) is 0.761. The Morgan fingerprint density at radius 1 is 1.18 bits per heavy atom. The van der Waals surface area contributed by atoms with Gasteiger partial charge in [-0.2, -0.15) is 0 Å². The van der Waals surface area contributed by atoms with E-state index < -0.39 is 0 Å². The van der Waals surface area contributed by atoms with Crippen molar-refractivity contribution in [3.8, 4) is 0 Å². The van der Waals surface area contributed by atoms with Crippen LogP contribution in [0.4, 0.5) is 0 Å². The van der Waals surface area contributed by atoms with E-state index in [0.717, 1.165) is 16.7 Å². The number of fused-ring (bicyclic) bond motifs is 2. The molecule has 1 atom stereocenters. The molecule has 0 saturated carbocycles. The number of nitrogens with zero attached hydrogens (tertiary/aromatic N) is 4. The lowest BCUT2D eigenvalue weighted by Crippen LogP contribution is -2.41. The van der Waals surface area contributed by atoms with Crippen molar-refractivity contribution in [2.45, 2.75) is 39.4 Å². The number of carbonyl (C=O) groups excluding carboxylic acids is 2. The molecule has 0 fully saturated rings. The summed E-state index contributed by atoms with van der Waals surface area (Å²) < 4.78 is 3.96. The molecule has 2 aromatic heterocycles. The molecular weight excluding hydrogens is 354 g/mol. The summed E-state index contributed by atoms with van der Waals surface area (Å²) in [5.74, 6) is 0.552. The summed E-state index contributed by atoms with van der Waals surface area (Å²) in [6.45, 7) is 7.00. The van der Waals surface area contributed by atoms with Gasteiger partial charge in [0.1, 0.15) is 11.5 Å². The van der Waals surface area contributed by atoms with Gasteiger partial charge in [-0.1, -0.05) is 18.2 Å². The Morgan fingerprint density at radius 2 is 1.93 bits per heavy atom. The van der Waals surface area contributed by atoms with E-state index in [2.05, 4.69) is 10.3 Å². The lowest BCUT2D eigenvalue weighted by molar-refractivity contribution is 0.0639. The maximum Gasteiger partial charge on any atom is 0.271 e. The minimum absolute atomic E-state index is 0.00766. The highest BCUT2D eigenvalue weighted by Gasteiger charge is 2.32. The summed E-state index contributed by atoms with van der Waals surface area (Å²) in [6.07, 6.45) is 3.67. The molecule has 3 heterocycles. The molecule has 7 heteroatoms. The Balaban J connectivity index is 1.64. The average Bonchev–Trinajstić information content (AvgIpc) is 3.24. The second-order valence-electron chi connectivity index (χ2n) is 7.65. The first-order valence-electron chi connectivity index (χ1n) is 9.59. The highest BCUT2D eigenvalue weighted by Crippen LogP contribution is 2.29. The molecule has 4 rings (SSSR count). The number of carbonyl (C=O) groups is 2. The summed E-state index contributed by atoms with van der Waals surface area (Å²) in [7, 11) is 1.95. The molecule has 0 radical (unpaired) electrons. The van der Waals surface area contributed by atoms with E-state index in [1.165, 1.54) is 0 Å². The van der Waals surface area contributed by atoms with Crippen molar-refractivity contribution >= 4 is 22.7 Å². The predicted molar refractivity (Wildman–Crippen MR) is 107 cm³/mol. The predicted octanol–water partition coefficient (Wildman–Crippen LogP) is 2.73. The van der Waals surface area contributed by atoms with Gasteiger partial charge in [-0.3, -0.25) is 9.59 Å². The smallest absolute Gasteiger partial charge is 0.271 e. The summed E-state index contributed by atoms with van der Waals surface area (Å²) >= 11 is 0. The van der Waals surface area contributed by atoms with Gasteiger partial charge in [0.25, 0.3) is 11.8 Å². The number of hydrogen-bond acceptors (Lipinski definition) is 3. The molecule has 0 unspecified atom stereocenters. The Bertz CT molecular complexity index is 1060. The first-order valence-corrected chi connectivity index (χ1v) is 9.59. The number of para-hydroxylation sites is 1. The van der Waals surface area contributed by atoms with Gasteiger partial charge in [0.05, 0.1) is 11.6 Å². The molecule has 1 aliphatic rings. The second-order valence-corrected chi connectivity index (χ2v) is 7.65. The van der Waals surface area contributed by atoms with Crippen molar-refractivity contribution in [1.82, 2.24) is 24.3 Å². The molecule has 0 spiro atoms. The van der Waals surface area contributed by atoms with Crippen molar-refractivity contribution in [3.05, 3.63) is 53.7 Å². The van der Waals surface area contributed by atoms with E-state index in [9.17, 15) is 9.59 Å². The first kappa shape index (κ1) is 18.3. The summed E-state index contributed by atoms with van der Waals surface area (Å²) in [5, 5.41) is 3.82. The van der Waals surface area contributed by atoms with Crippen molar-refractivity contribution < 1.29 is 9.59 Å². The summed E-state index contributed by atoms with van der Waals surface area (Å²) in [5.41, 5.74) is 2.13. The van der Waals surface area contributed by atoms with Gasteiger partial charge in [-0.05, 0) is 26.8 Å². The zero-order valence-corrected chi connectivity index (χ0v) is 16.6. The van der Waals surface area contributed by atoms with Gasteiger partial charge < -0.3 is 19.4 Å². The third kappa shape index (κ3) is 2.96. The number of rotatable bonds is 3. The van der Waals surface area contributed by atoms with Crippen LogP contribution in [0.5, 0.6) is 0 Å². The van der Waals surface area contributed by atoms with Crippen LogP contribution in [-0.4, -0.2) is 43.4 Å². The molecular formula is C21H25N5O2. The normalized spacial score (nSPS) is 16.5. The van der Waals surface area contributed by atoms with Gasteiger partial charge in [-0.25, -0.2) is 4.98 Å². The summed E-state index contributed by atoms with van der Waals surface area (Å²) in [6, 6.07) is 7.75. The lowest BCUT2D eigenvalue weighted by Gasteiger charge is -2.33. The molecule has 2 amide bonds. The van der Waals surface area contributed by atoms with Crippen LogP contribution in [0.2, 0.25) is 0 Å². The van der Waals surface area contributed by atoms with E-state index in [1.807, 2.05) is 72.3 Å². The fourth-order valence-corrected chi connectivity index (χ4v) is 3.88. The van der Waals surface area contributed by atoms with Crippen LogP contribution in [-0.2, 0) is 13.6 Å². The van der Waals surface area contributed by atoms with Gasteiger partial charge in [0.15, 0.2) is 0 Å². The highest BCUT2D eigenvalue weighted by molar-refractivity contribution is 6.07. The molecule has 3 aromatic rings. The topological polar surface area (TPSA) is 72.2 Å². The molecule has 1 aliphatic heterocycles. The molecule has 1 N–H and O–H groups in total. The van der Waals surface area contributed by atoms with Crippen LogP contribution >= 0.6 is 0 Å². The molecule has 0 saturated heterocycles. The monoisotopic (exact) mass is 379 g/mol. The van der Waals surface area contributed by atoms with Gasteiger partial charge in [0.2, 0.25) is 0 Å². The zero-order chi connectivity index (χ0) is 20.0. The number of aryl methyl sites for hydroxylation is 1. The zero-order valence-electron chi connectivity index (χ0n) is 16.6. The van der Waals surface area contributed by atoms with Crippen LogP contribution in [0, 0.1) is 0 Å².